The van der Waals surface area contributed by atoms with Crippen LogP contribution in [0.4, 0.5) is 10.1 Å². The van der Waals surface area contributed by atoms with Crippen LogP contribution >= 0.6 is 0 Å². The van der Waals surface area contributed by atoms with E-state index < -0.39 is 37.4 Å². The molecule has 3 aromatic rings. The largest absolute Gasteiger partial charge is 0.336 e. The van der Waals surface area contributed by atoms with Crippen LogP contribution in [0.3, 0.4) is 0 Å². The summed E-state index contributed by atoms with van der Waals surface area (Å²) in [5.41, 5.74) is -0.101. The molecule has 0 saturated carbocycles. The van der Waals surface area contributed by atoms with Crippen molar-refractivity contribution in [2.75, 3.05) is 0 Å². The summed E-state index contributed by atoms with van der Waals surface area (Å²) in [7, 11) is -2.60. The number of nitrogens with zero attached hydrogens (tertiary/aromatic N) is 3. The number of rotatable bonds is 6. The molecular formula is C17H15FN4O4S. The van der Waals surface area contributed by atoms with Gasteiger partial charge in [0.05, 0.1) is 4.92 Å². The molecule has 0 aliphatic rings. The minimum atomic E-state index is -4.27. The Morgan fingerprint density at radius 3 is 2.44 bits per heavy atom. The van der Waals surface area contributed by atoms with Crippen molar-refractivity contribution in [1.82, 2.24) is 14.3 Å². The Labute approximate surface area is 154 Å². The monoisotopic (exact) mass is 390 g/mol. The lowest BCUT2D eigenvalue weighted by Gasteiger charge is -2.19. The number of sulfonamides is 1. The minimum absolute atomic E-state index is 0.351. The van der Waals surface area contributed by atoms with Crippen LogP contribution < -0.4 is 4.72 Å². The number of nitrogens with one attached hydrogen (secondary N) is 1. The van der Waals surface area contributed by atoms with Crippen molar-refractivity contribution in [3.05, 3.63) is 88.2 Å². The van der Waals surface area contributed by atoms with Crippen molar-refractivity contribution in [3.8, 4) is 0 Å². The molecule has 1 atom stereocenters. The molecule has 140 valence electrons. The SMILES string of the molecule is Cn1ccnc1C(NS(=O)(=O)c1ccccc1[N+](=O)[O-])c1ccc(F)cc1. The number of hydrogen-bond acceptors (Lipinski definition) is 5. The molecule has 3 rings (SSSR count). The van der Waals surface area contributed by atoms with Crippen molar-refractivity contribution in [2.24, 2.45) is 7.05 Å². The lowest BCUT2D eigenvalue weighted by Crippen LogP contribution is -2.31. The lowest BCUT2D eigenvalue weighted by atomic mass is 10.1. The second-order valence-electron chi connectivity index (χ2n) is 5.73. The van der Waals surface area contributed by atoms with Crippen LogP contribution in [0.2, 0.25) is 0 Å². The Bertz CT molecular complexity index is 1080. The first kappa shape index (κ1) is 18.7. The highest BCUT2D eigenvalue weighted by Crippen LogP contribution is 2.27. The molecule has 0 amide bonds. The summed E-state index contributed by atoms with van der Waals surface area (Å²) in [6.45, 7) is 0. The number of nitro groups is 1. The topological polar surface area (TPSA) is 107 Å². The molecule has 10 heteroatoms. The molecule has 1 aromatic heterocycles. The molecule has 0 bridgehead atoms. The number of para-hydroxylation sites is 1. The van der Waals surface area contributed by atoms with E-state index in [-0.39, 0.29) is 0 Å². The van der Waals surface area contributed by atoms with Crippen molar-refractivity contribution < 1.29 is 17.7 Å². The minimum Gasteiger partial charge on any atom is -0.336 e. The summed E-state index contributed by atoms with van der Waals surface area (Å²) in [6, 6.07) is 9.34. The van der Waals surface area contributed by atoms with Gasteiger partial charge in [-0.05, 0) is 23.8 Å². The van der Waals surface area contributed by atoms with Gasteiger partial charge in [0, 0.05) is 25.5 Å². The lowest BCUT2D eigenvalue weighted by molar-refractivity contribution is -0.387. The summed E-state index contributed by atoms with van der Waals surface area (Å²) in [5, 5.41) is 11.2. The van der Waals surface area contributed by atoms with Gasteiger partial charge in [0.2, 0.25) is 10.0 Å². The average molecular weight is 390 g/mol. The highest BCUT2D eigenvalue weighted by Gasteiger charge is 2.30. The van der Waals surface area contributed by atoms with Crippen molar-refractivity contribution in [3.63, 3.8) is 0 Å². The number of halogens is 1. The number of aryl methyl sites for hydroxylation is 1. The number of imidazole rings is 1. The molecule has 0 aliphatic heterocycles. The molecular weight excluding hydrogens is 375 g/mol. The highest BCUT2D eigenvalue weighted by molar-refractivity contribution is 7.89. The van der Waals surface area contributed by atoms with Gasteiger partial charge in [-0.3, -0.25) is 10.1 Å². The van der Waals surface area contributed by atoms with Gasteiger partial charge in [0.1, 0.15) is 17.7 Å². The maximum Gasteiger partial charge on any atom is 0.289 e. The van der Waals surface area contributed by atoms with Crippen molar-refractivity contribution in [2.45, 2.75) is 10.9 Å². The smallest absolute Gasteiger partial charge is 0.289 e. The number of nitro benzene ring substituents is 1. The van der Waals surface area contributed by atoms with Gasteiger partial charge in [-0.25, -0.2) is 17.8 Å². The van der Waals surface area contributed by atoms with E-state index in [0.29, 0.717) is 11.4 Å². The van der Waals surface area contributed by atoms with E-state index in [4.69, 9.17) is 0 Å². The summed E-state index contributed by atoms with van der Waals surface area (Å²) < 4.78 is 43.1. The first-order valence-electron chi connectivity index (χ1n) is 7.78. The van der Waals surface area contributed by atoms with Gasteiger partial charge in [0.15, 0.2) is 4.90 Å². The molecule has 0 radical (unpaired) electrons. The van der Waals surface area contributed by atoms with Gasteiger partial charge in [-0.1, -0.05) is 24.3 Å². The maximum atomic E-state index is 13.3. The van der Waals surface area contributed by atoms with Crippen LogP contribution in [-0.4, -0.2) is 22.9 Å². The van der Waals surface area contributed by atoms with E-state index in [0.717, 1.165) is 12.1 Å². The van der Waals surface area contributed by atoms with Crippen LogP contribution in [0.15, 0.2) is 65.8 Å². The second kappa shape index (κ2) is 7.25. The fourth-order valence-corrected chi connectivity index (χ4v) is 3.99. The molecule has 1 unspecified atom stereocenters. The molecule has 8 nitrogen and oxygen atoms in total. The average Bonchev–Trinajstić information content (AvgIpc) is 3.06. The van der Waals surface area contributed by atoms with Crippen molar-refractivity contribution >= 4 is 15.7 Å². The van der Waals surface area contributed by atoms with Gasteiger partial charge < -0.3 is 4.57 Å². The van der Waals surface area contributed by atoms with E-state index in [2.05, 4.69) is 9.71 Å². The Morgan fingerprint density at radius 2 is 1.85 bits per heavy atom. The van der Waals surface area contributed by atoms with E-state index in [1.807, 2.05) is 0 Å². The normalized spacial score (nSPS) is 12.7. The number of hydrogen-bond donors (Lipinski definition) is 1. The highest BCUT2D eigenvalue weighted by atomic mass is 32.2. The van der Waals surface area contributed by atoms with Crippen molar-refractivity contribution in [1.29, 1.82) is 0 Å². The molecule has 0 saturated heterocycles. The molecule has 0 fully saturated rings. The van der Waals surface area contributed by atoms with Gasteiger partial charge >= 0.3 is 0 Å². The van der Waals surface area contributed by atoms with Crippen LogP contribution in [0.5, 0.6) is 0 Å². The zero-order valence-corrected chi connectivity index (χ0v) is 14.9. The van der Waals surface area contributed by atoms with Crippen LogP contribution in [-0.2, 0) is 17.1 Å². The Morgan fingerprint density at radius 1 is 1.19 bits per heavy atom. The standard InChI is InChI=1S/C17H15FN4O4S/c1-21-11-10-19-17(21)16(12-6-8-13(18)9-7-12)20-27(25,26)15-5-3-2-4-14(15)22(23)24/h2-11,16,20H,1H3. The van der Waals surface area contributed by atoms with Crippen LogP contribution in [0, 0.1) is 15.9 Å². The summed E-state index contributed by atoms with van der Waals surface area (Å²) in [4.78, 5) is 14.1. The maximum absolute atomic E-state index is 13.3. The predicted octanol–water partition coefficient (Wildman–Crippen LogP) is 2.54. The molecule has 27 heavy (non-hydrogen) atoms. The van der Waals surface area contributed by atoms with E-state index in [1.54, 1.807) is 17.8 Å². The summed E-state index contributed by atoms with van der Waals surface area (Å²) >= 11 is 0. The second-order valence-corrected chi connectivity index (χ2v) is 7.41. The Kier molecular flexibility index (Phi) is 5.02. The third kappa shape index (κ3) is 3.86. The Balaban J connectivity index is 2.08. The zero-order chi connectivity index (χ0) is 19.6. The molecule has 1 heterocycles. The van der Waals surface area contributed by atoms with E-state index in [9.17, 15) is 22.9 Å². The molecule has 0 aliphatic carbocycles. The molecule has 0 spiro atoms. The van der Waals surface area contributed by atoms with Gasteiger partial charge in [-0.15, -0.1) is 0 Å². The molecule has 2 aromatic carbocycles. The third-order valence-corrected chi connectivity index (χ3v) is 5.41. The fourth-order valence-electron chi connectivity index (χ4n) is 2.63. The first-order valence-corrected chi connectivity index (χ1v) is 9.26. The quantitative estimate of drug-likeness (QED) is 0.514. The van der Waals surface area contributed by atoms with E-state index in [1.165, 1.54) is 42.6 Å². The molecule has 1 N–H and O–H groups in total. The predicted molar refractivity (Wildman–Crippen MR) is 94.9 cm³/mol. The first-order chi connectivity index (χ1) is 12.8. The van der Waals surface area contributed by atoms with Gasteiger partial charge in [0.25, 0.3) is 5.69 Å². The fraction of sp³-hybridized carbons (Fsp3) is 0.118. The number of aromatic nitrogens is 2. The Hall–Kier alpha value is -3.11. The summed E-state index contributed by atoms with van der Waals surface area (Å²) in [5.74, 6) is -0.123. The van der Waals surface area contributed by atoms with Crippen LogP contribution in [0.25, 0.3) is 0 Å². The third-order valence-electron chi connectivity index (χ3n) is 3.94. The summed E-state index contributed by atoms with van der Waals surface area (Å²) in [6.07, 6.45) is 3.12. The zero-order valence-electron chi connectivity index (χ0n) is 14.1. The van der Waals surface area contributed by atoms with E-state index >= 15 is 0 Å². The van der Waals surface area contributed by atoms with Gasteiger partial charge in [-0.2, -0.15) is 4.72 Å². The van der Waals surface area contributed by atoms with Crippen LogP contribution in [0.1, 0.15) is 17.4 Å². The number of benzene rings is 2.